The first-order chi connectivity index (χ1) is 9.49. The first-order valence-electron chi connectivity index (χ1n) is 5.61. The number of anilines is 1. The lowest BCUT2D eigenvalue weighted by Crippen LogP contribution is -2.19. The van der Waals surface area contributed by atoms with Crippen LogP contribution >= 0.6 is 0 Å². The summed E-state index contributed by atoms with van der Waals surface area (Å²) >= 11 is 0. The van der Waals surface area contributed by atoms with Gasteiger partial charge in [0, 0.05) is 12.3 Å². The normalized spacial score (nSPS) is 10.0. The van der Waals surface area contributed by atoms with Gasteiger partial charge in [0.25, 0.3) is 17.4 Å². The summed E-state index contributed by atoms with van der Waals surface area (Å²) in [6.07, 6.45) is 1.08. The molecule has 1 heterocycles. The van der Waals surface area contributed by atoms with Crippen LogP contribution in [0.5, 0.6) is 5.75 Å². The molecule has 7 nitrogen and oxygen atoms in total. The summed E-state index contributed by atoms with van der Waals surface area (Å²) in [4.78, 5) is 36.4. The fourth-order valence-electron chi connectivity index (χ4n) is 1.64. The second-order valence-electron chi connectivity index (χ2n) is 3.96. The molecule has 0 saturated carbocycles. The SMILES string of the molecule is NC(=O)c1ccccc1NC(=O)c1c[nH]c(=O)cc1O. The van der Waals surface area contributed by atoms with Crippen molar-refractivity contribution in [2.75, 3.05) is 5.32 Å². The predicted molar refractivity (Wildman–Crippen MR) is 71.6 cm³/mol. The fraction of sp³-hybridized carbons (Fsp3) is 0. The number of hydrogen-bond donors (Lipinski definition) is 4. The lowest BCUT2D eigenvalue weighted by molar-refractivity contribution is 0.100. The van der Waals surface area contributed by atoms with Crippen molar-refractivity contribution in [1.82, 2.24) is 4.98 Å². The van der Waals surface area contributed by atoms with E-state index in [9.17, 15) is 19.5 Å². The molecule has 5 N–H and O–H groups in total. The van der Waals surface area contributed by atoms with E-state index in [1.165, 1.54) is 12.1 Å². The molecule has 0 radical (unpaired) electrons. The van der Waals surface area contributed by atoms with Crippen LogP contribution in [0.1, 0.15) is 20.7 Å². The summed E-state index contributed by atoms with van der Waals surface area (Å²) in [7, 11) is 0. The number of amides is 2. The van der Waals surface area contributed by atoms with Crippen molar-refractivity contribution < 1.29 is 14.7 Å². The molecule has 102 valence electrons. The Morgan fingerprint density at radius 3 is 2.55 bits per heavy atom. The molecule has 0 aliphatic carbocycles. The molecular weight excluding hydrogens is 262 g/mol. The van der Waals surface area contributed by atoms with E-state index in [1.807, 2.05) is 0 Å². The van der Waals surface area contributed by atoms with Gasteiger partial charge in [-0.2, -0.15) is 0 Å². The van der Waals surface area contributed by atoms with Crippen molar-refractivity contribution in [1.29, 1.82) is 0 Å². The first kappa shape index (κ1) is 13.3. The minimum Gasteiger partial charge on any atom is -0.507 e. The minimum atomic E-state index is -0.688. The molecule has 2 rings (SSSR count). The molecule has 0 aliphatic rings. The van der Waals surface area contributed by atoms with Crippen molar-refractivity contribution in [3.63, 3.8) is 0 Å². The third-order valence-electron chi connectivity index (χ3n) is 2.59. The molecule has 1 aromatic carbocycles. The van der Waals surface area contributed by atoms with Crippen molar-refractivity contribution in [2.24, 2.45) is 5.73 Å². The van der Waals surface area contributed by atoms with Gasteiger partial charge < -0.3 is 21.1 Å². The van der Waals surface area contributed by atoms with Crippen LogP contribution in [0.2, 0.25) is 0 Å². The smallest absolute Gasteiger partial charge is 0.260 e. The molecule has 0 spiro atoms. The quantitative estimate of drug-likeness (QED) is 0.647. The second-order valence-corrected chi connectivity index (χ2v) is 3.96. The number of H-pyrrole nitrogens is 1. The summed E-state index contributed by atoms with van der Waals surface area (Å²) in [5, 5.41) is 12.0. The molecule has 2 amide bonds. The highest BCUT2D eigenvalue weighted by Crippen LogP contribution is 2.18. The highest BCUT2D eigenvalue weighted by molar-refractivity contribution is 6.09. The Kier molecular flexibility index (Phi) is 3.52. The Morgan fingerprint density at radius 2 is 1.90 bits per heavy atom. The summed E-state index contributed by atoms with van der Waals surface area (Å²) in [5.74, 6) is -1.82. The maximum absolute atomic E-state index is 12.0. The molecule has 7 heteroatoms. The number of carbonyl (C=O) groups is 2. The van der Waals surface area contributed by atoms with Crippen LogP contribution in [0.25, 0.3) is 0 Å². The number of benzene rings is 1. The maximum atomic E-state index is 12.0. The van der Waals surface area contributed by atoms with Gasteiger partial charge >= 0.3 is 0 Å². The van der Waals surface area contributed by atoms with Gasteiger partial charge in [-0.1, -0.05) is 12.1 Å². The molecule has 0 unspecified atom stereocenters. The summed E-state index contributed by atoms with van der Waals surface area (Å²) < 4.78 is 0. The summed E-state index contributed by atoms with van der Waals surface area (Å²) in [6.45, 7) is 0. The Hall–Kier alpha value is -3.09. The number of aromatic hydroxyl groups is 1. The minimum absolute atomic E-state index is 0.121. The highest BCUT2D eigenvalue weighted by Gasteiger charge is 2.15. The van der Waals surface area contributed by atoms with Gasteiger partial charge in [-0.05, 0) is 12.1 Å². The van der Waals surface area contributed by atoms with E-state index in [1.54, 1.807) is 12.1 Å². The number of pyridine rings is 1. The van der Waals surface area contributed by atoms with Crippen LogP contribution in [-0.2, 0) is 0 Å². The lowest BCUT2D eigenvalue weighted by Gasteiger charge is -2.09. The van der Waals surface area contributed by atoms with Crippen molar-refractivity contribution in [2.45, 2.75) is 0 Å². The zero-order valence-corrected chi connectivity index (χ0v) is 10.2. The van der Waals surface area contributed by atoms with E-state index >= 15 is 0 Å². The zero-order chi connectivity index (χ0) is 14.7. The number of primary amides is 1. The number of carbonyl (C=O) groups excluding carboxylic acids is 2. The van der Waals surface area contributed by atoms with E-state index in [0.29, 0.717) is 0 Å². The summed E-state index contributed by atoms with van der Waals surface area (Å²) in [6, 6.07) is 7.07. The number of hydrogen-bond acceptors (Lipinski definition) is 4. The molecule has 0 fully saturated rings. The third kappa shape index (κ3) is 2.66. The average Bonchev–Trinajstić information content (AvgIpc) is 2.38. The number of aromatic amines is 1. The van der Waals surface area contributed by atoms with E-state index in [-0.39, 0.29) is 16.8 Å². The van der Waals surface area contributed by atoms with Crippen molar-refractivity contribution in [3.05, 3.63) is 58.0 Å². The Bertz CT molecular complexity index is 736. The van der Waals surface area contributed by atoms with Gasteiger partial charge in [-0.3, -0.25) is 14.4 Å². The number of aromatic nitrogens is 1. The van der Waals surface area contributed by atoms with Crippen LogP contribution in [0, 0.1) is 0 Å². The van der Waals surface area contributed by atoms with Crippen molar-refractivity contribution in [3.8, 4) is 5.75 Å². The van der Waals surface area contributed by atoms with E-state index in [0.717, 1.165) is 12.3 Å². The number of nitrogens with one attached hydrogen (secondary N) is 2. The van der Waals surface area contributed by atoms with Gasteiger partial charge in [-0.25, -0.2) is 0 Å². The zero-order valence-electron chi connectivity index (χ0n) is 10.2. The van der Waals surface area contributed by atoms with Gasteiger partial charge in [0.1, 0.15) is 5.75 Å². The number of rotatable bonds is 3. The third-order valence-corrected chi connectivity index (χ3v) is 2.59. The van der Waals surface area contributed by atoms with Crippen LogP contribution in [0.4, 0.5) is 5.69 Å². The van der Waals surface area contributed by atoms with Gasteiger partial charge in [-0.15, -0.1) is 0 Å². The Labute approximate surface area is 113 Å². The van der Waals surface area contributed by atoms with Gasteiger partial charge in [0.2, 0.25) is 0 Å². The second kappa shape index (κ2) is 5.27. The predicted octanol–water partition coefficient (Wildman–Crippen LogP) is 0.432. The van der Waals surface area contributed by atoms with E-state index in [4.69, 9.17) is 5.73 Å². The van der Waals surface area contributed by atoms with E-state index < -0.39 is 23.1 Å². The first-order valence-corrected chi connectivity index (χ1v) is 5.61. The topological polar surface area (TPSA) is 125 Å². The maximum Gasteiger partial charge on any atom is 0.260 e. The van der Waals surface area contributed by atoms with Gasteiger partial charge in [0.05, 0.1) is 16.8 Å². The van der Waals surface area contributed by atoms with Crippen molar-refractivity contribution >= 4 is 17.5 Å². The molecule has 0 atom stereocenters. The molecule has 1 aromatic heterocycles. The van der Waals surface area contributed by atoms with Crippen LogP contribution < -0.4 is 16.6 Å². The standard InChI is InChI=1S/C13H11N3O4/c14-12(19)7-3-1-2-4-9(7)16-13(20)8-6-15-11(18)5-10(8)17/h1-6H,(H2,14,19)(H,16,20)(H2,15,17,18). The Balaban J connectivity index is 2.33. The molecule has 0 saturated heterocycles. The number of nitrogens with two attached hydrogens (primary N) is 1. The van der Waals surface area contributed by atoms with Crippen LogP contribution in [0.3, 0.4) is 0 Å². The van der Waals surface area contributed by atoms with E-state index in [2.05, 4.69) is 10.3 Å². The van der Waals surface area contributed by atoms with Crippen LogP contribution in [0.15, 0.2) is 41.3 Å². The lowest BCUT2D eigenvalue weighted by atomic mass is 10.1. The fourth-order valence-corrected chi connectivity index (χ4v) is 1.64. The number of para-hydroxylation sites is 1. The molecular formula is C13H11N3O4. The Morgan fingerprint density at radius 1 is 1.20 bits per heavy atom. The monoisotopic (exact) mass is 273 g/mol. The summed E-state index contributed by atoms with van der Waals surface area (Å²) in [5.41, 5.74) is 4.90. The molecule has 0 aliphatic heterocycles. The molecule has 2 aromatic rings. The highest BCUT2D eigenvalue weighted by atomic mass is 16.3. The van der Waals surface area contributed by atoms with Crippen LogP contribution in [-0.4, -0.2) is 21.9 Å². The largest absolute Gasteiger partial charge is 0.507 e. The molecule has 0 bridgehead atoms. The van der Waals surface area contributed by atoms with Gasteiger partial charge in [0.15, 0.2) is 0 Å². The molecule has 20 heavy (non-hydrogen) atoms. The average molecular weight is 273 g/mol.